The van der Waals surface area contributed by atoms with E-state index in [0.717, 1.165) is 5.54 Å². The molecule has 0 aromatic rings. The molecule has 0 aliphatic heterocycles. The van der Waals surface area contributed by atoms with Crippen molar-refractivity contribution in [3.05, 3.63) is 23.8 Å². The fourth-order valence-electron chi connectivity index (χ4n) is 1.55. The molecule has 0 saturated heterocycles. The molecule has 0 fully saturated rings. The van der Waals surface area contributed by atoms with Gasteiger partial charge in [-0.25, -0.2) is 0 Å². The van der Waals surface area contributed by atoms with Gasteiger partial charge in [0.1, 0.15) is 0 Å². The fraction of sp³-hybridized carbons (Fsp3) is 0.667. The van der Waals surface area contributed by atoms with Crippen LogP contribution in [0.15, 0.2) is 23.8 Å². The summed E-state index contributed by atoms with van der Waals surface area (Å²) in [5, 5.41) is 0. The lowest BCUT2D eigenvalue weighted by atomic mass is 9.87. The Morgan fingerprint density at radius 2 is 1.69 bits per heavy atom. The van der Waals surface area contributed by atoms with Crippen molar-refractivity contribution in [1.82, 2.24) is 0 Å². The third-order valence-corrected chi connectivity index (χ3v) is 5.07. The minimum absolute atomic E-state index is 0.324. The van der Waals surface area contributed by atoms with Gasteiger partial charge in [-0.3, -0.25) is 0 Å². The molecule has 1 heteroatoms. The lowest BCUT2D eigenvalue weighted by Gasteiger charge is -2.23. The van der Waals surface area contributed by atoms with Crippen LogP contribution in [-0.2, 0) is 0 Å². The van der Waals surface area contributed by atoms with Gasteiger partial charge in [0.2, 0.25) is 0 Å². The first-order chi connectivity index (χ1) is 5.71. The van der Waals surface area contributed by atoms with Crippen molar-refractivity contribution in [3.63, 3.8) is 0 Å². The Hall–Kier alpha value is -0.303. The van der Waals surface area contributed by atoms with Crippen LogP contribution in [0.3, 0.4) is 0 Å². The second-order valence-corrected chi connectivity index (χ2v) is 11.5. The average Bonchev–Trinajstić information content (AvgIpc) is 2.28. The van der Waals surface area contributed by atoms with E-state index in [-0.39, 0.29) is 0 Å². The predicted octanol–water partition coefficient (Wildman–Crippen LogP) is 4.24. The summed E-state index contributed by atoms with van der Waals surface area (Å²) in [4.78, 5) is 0. The third kappa shape index (κ3) is 2.57. The van der Waals surface area contributed by atoms with Gasteiger partial charge in [0.25, 0.3) is 0 Å². The Labute approximate surface area is 83.7 Å². The van der Waals surface area contributed by atoms with Gasteiger partial charge in [0.05, 0.1) is 8.07 Å². The van der Waals surface area contributed by atoms with Gasteiger partial charge >= 0.3 is 0 Å². The summed E-state index contributed by atoms with van der Waals surface area (Å²) < 4.78 is 0. The largest absolute Gasteiger partial charge is 0.0801 e. The Bertz CT molecular complexity index is 245. The fourth-order valence-corrected chi connectivity index (χ4v) is 2.90. The Balaban J connectivity index is 2.84. The monoisotopic (exact) mass is 194 g/mol. The van der Waals surface area contributed by atoms with Crippen LogP contribution in [0.2, 0.25) is 25.2 Å². The highest BCUT2D eigenvalue weighted by atomic mass is 28.3. The first kappa shape index (κ1) is 10.8. The molecule has 0 aromatic heterocycles. The van der Waals surface area contributed by atoms with Crippen molar-refractivity contribution in [2.75, 3.05) is 0 Å². The van der Waals surface area contributed by atoms with Crippen LogP contribution < -0.4 is 0 Å². The zero-order valence-electron chi connectivity index (χ0n) is 9.81. The van der Waals surface area contributed by atoms with Crippen LogP contribution in [-0.4, -0.2) is 8.07 Å². The number of allylic oxidation sites excluding steroid dienone is 4. The van der Waals surface area contributed by atoms with E-state index >= 15 is 0 Å². The quantitative estimate of drug-likeness (QED) is 0.548. The van der Waals surface area contributed by atoms with Crippen LogP contribution in [0, 0.1) is 5.41 Å². The molecule has 1 rings (SSSR count). The van der Waals surface area contributed by atoms with E-state index in [1.165, 1.54) is 5.57 Å². The van der Waals surface area contributed by atoms with Crippen molar-refractivity contribution >= 4 is 8.07 Å². The van der Waals surface area contributed by atoms with Gasteiger partial charge in [0, 0.05) is 0 Å². The minimum Gasteiger partial charge on any atom is -0.0801 e. The van der Waals surface area contributed by atoms with E-state index < -0.39 is 8.07 Å². The SMILES string of the molecule is CC(C)(C)C1=CC([Si](C)(C)C)C=C1. The number of hydrogen-bond donors (Lipinski definition) is 0. The molecule has 74 valence electrons. The van der Waals surface area contributed by atoms with E-state index in [0.29, 0.717) is 5.41 Å². The predicted molar refractivity (Wildman–Crippen MR) is 63.8 cm³/mol. The van der Waals surface area contributed by atoms with Crippen LogP contribution in [0.5, 0.6) is 0 Å². The molecule has 0 bridgehead atoms. The molecule has 1 aliphatic carbocycles. The van der Waals surface area contributed by atoms with Crippen molar-refractivity contribution < 1.29 is 0 Å². The first-order valence-electron chi connectivity index (χ1n) is 5.12. The number of rotatable bonds is 1. The Morgan fingerprint density at radius 3 is 1.92 bits per heavy atom. The maximum Gasteiger partial charge on any atom is 0.0558 e. The first-order valence-corrected chi connectivity index (χ1v) is 8.69. The summed E-state index contributed by atoms with van der Waals surface area (Å²) >= 11 is 0. The standard InChI is InChI=1S/C12H22Si/c1-12(2,3)10-7-8-11(9-10)13(4,5)6/h7-9,11H,1-6H3. The number of hydrogen-bond acceptors (Lipinski definition) is 0. The molecule has 0 saturated carbocycles. The second kappa shape index (κ2) is 3.12. The van der Waals surface area contributed by atoms with E-state index in [2.05, 4.69) is 58.6 Å². The van der Waals surface area contributed by atoms with Crippen LogP contribution in [0.1, 0.15) is 20.8 Å². The molecule has 0 aromatic carbocycles. The summed E-state index contributed by atoms with van der Waals surface area (Å²) in [6.45, 7) is 14.2. The van der Waals surface area contributed by atoms with Crippen molar-refractivity contribution in [2.24, 2.45) is 5.41 Å². The molecule has 0 spiro atoms. The molecule has 1 atom stereocenters. The minimum atomic E-state index is -1.01. The highest BCUT2D eigenvalue weighted by molar-refractivity contribution is 6.78. The Morgan fingerprint density at radius 1 is 1.15 bits per heavy atom. The molecular weight excluding hydrogens is 172 g/mol. The van der Waals surface area contributed by atoms with Gasteiger partial charge in [-0.2, -0.15) is 0 Å². The van der Waals surface area contributed by atoms with Crippen LogP contribution >= 0.6 is 0 Å². The normalized spacial score (nSPS) is 23.5. The summed E-state index contributed by atoms with van der Waals surface area (Å²) in [7, 11) is -1.01. The summed E-state index contributed by atoms with van der Waals surface area (Å²) in [5.41, 5.74) is 2.59. The molecular formula is C12H22Si. The molecule has 0 nitrogen and oxygen atoms in total. The smallest absolute Gasteiger partial charge is 0.0558 e. The van der Waals surface area contributed by atoms with Crippen LogP contribution in [0.4, 0.5) is 0 Å². The molecule has 1 unspecified atom stereocenters. The zero-order chi connectivity index (χ0) is 10.3. The molecule has 0 radical (unpaired) electrons. The molecule has 13 heavy (non-hydrogen) atoms. The van der Waals surface area contributed by atoms with Gasteiger partial charge in [-0.05, 0) is 16.5 Å². The lowest BCUT2D eigenvalue weighted by molar-refractivity contribution is 0.518. The third-order valence-electron chi connectivity index (χ3n) is 2.71. The van der Waals surface area contributed by atoms with Crippen molar-refractivity contribution in [2.45, 2.75) is 46.0 Å². The highest BCUT2D eigenvalue weighted by Gasteiger charge is 2.28. The zero-order valence-corrected chi connectivity index (χ0v) is 10.8. The molecule has 0 N–H and O–H groups in total. The maximum atomic E-state index is 2.48. The molecule has 0 amide bonds. The van der Waals surface area contributed by atoms with E-state index in [9.17, 15) is 0 Å². The Kier molecular flexibility index (Phi) is 2.59. The van der Waals surface area contributed by atoms with Crippen molar-refractivity contribution in [1.29, 1.82) is 0 Å². The van der Waals surface area contributed by atoms with E-state index in [4.69, 9.17) is 0 Å². The summed E-state index contributed by atoms with van der Waals surface area (Å²) in [5.74, 6) is 0. The highest BCUT2D eigenvalue weighted by Crippen LogP contribution is 2.38. The average molecular weight is 194 g/mol. The lowest BCUT2D eigenvalue weighted by Crippen LogP contribution is -2.24. The topological polar surface area (TPSA) is 0 Å². The molecule has 0 heterocycles. The molecule has 1 aliphatic rings. The summed E-state index contributed by atoms with van der Waals surface area (Å²) in [6.07, 6.45) is 7.20. The van der Waals surface area contributed by atoms with Crippen molar-refractivity contribution in [3.8, 4) is 0 Å². The second-order valence-electron chi connectivity index (χ2n) is 6.12. The maximum absolute atomic E-state index is 2.48. The van der Waals surface area contributed by atoms with Gasteiger partial charge in [-0.15, -0.1) is 0 Å². The van der Waals surface area contributed by atoms with E-state index in [1.54, 1.807) is 0 Å². The summed E-state index contributed by atoms with van der Waals surface area (Å²) in [6, 6.07) is 0. The van der Waals surface area contributed by atoms with E-state index in [1.807, 2.05) is 0 Å². The van der Waals surface area contributed by atoms with Crippen LogP contribution in [0.25, 0.3) is 0 Å². The van der Waals surface area contributed by atoms with Gasteiger partial charge < -0.3 is 0 Å². The van der Waals surface area contributed by atoms with Gasteiger partial charge in [-0.1, -0.05) is 58.6 Å². The van der Waals surface area contributed by atoms with Gasteiger partial charge in [0.15, 0.2) is 0 Å².